The average molecular weight is 496 g/mol. The molecule has 35 heavy (non-hydrogen) atoms. The number of aromatic nitrogens is 2. The monoisotopic (exact) mass is 495 g/mol. The Labute approximate surface area is 207 Å². The lowest BCUT2D eigenvalue weighted by molar-refractivity contribution is 0.0696. The first kappa shape index (κ1) is 23.9. The first-order valence-electron chi connectivity index (χ1n) is 12.6. The van der Waals surface area contributed by atoms with Gasteiger partial charge in [-0.1, -0.05) is 49.1 Å². The molecule has 186 valence electrons. The Morgan fingerprint density at radius 2 is 1.91 bits per heavy atom. The van der Waals surface area contributed by atoms with Crippen LogP contribution >= 0.6 is 0 Å². The van der Waals surface area contributed by atoms with Gasteiger partial charge < -0.3 is 13.9 Å². The summed E-state index contributed by atoms with van der Waals surface area (Å²) in [5.41, 5.74) is 2.56. The molecule has 2 fully saturated rings. The van der Waals surface area contributed by atoms with E-state index in [2.05, 4.69) is 4.98 Å². The van der Waals surface area contributed by atoms with E-state index in [0.29, 0.717) is 24.8 Å². The summed E-state index contributed by atoms with van der Waals surface area (Å²) in [6.07, 6.45) is 10.5. The molecule has 0 spiro atoms. The predicted octanol–water partition coefficient (Wildman–Crippen LogP) is 5.32. The Morgan fingerprint density at radius 1 is 1.11 bits per heavy atom. The molecule has 7 nitrogen and oxygen atoms in total. The van der Waals surface area contributed by atoms with E-state index in [9.17, 15) is 13.2 Å². The zero-order valence-electron chi connectivity index (χ0n) is 20.2. The largest absolute Gasteiger partial charge is 0.459 e. The van der Waals surface area contributed by atoms with Gasteiger partial charge in [0.25, 0.3) is 5.91 Å². The first-order valence-corrected chi connectivity index (χ1v) is 14.2. The van der Waals surface area contributed by atoms with Crippen molar-refractivity contribution in [3.05, 3.63) is 71.4 Å². The summed E-state index contributed by atoms with van der Waals surface area (Å²) in [5.74, 6) is 0.545. The Hall–Kier alpha value is -2.87. The number of furan rings is 1. The van der Waals surface area contributed by atoms with Gasteiger partial charge in [-0.15, -0.1) is 0 Å². The van der Waals surface area contributed by atoms with Crippen molar-refractivity contribution in [2.24, 2.45) is 5.92 Å². The van der Waals surface area contributed by atoms with Crippen molar-refractivity contribution >= 4 is 15.7 Å². The van der Waals surface area contributed by atoms with Gasteiger partial charge >= 0.3 is 0 Å². The number of rotatable bonds is 9. The van der Waals surface area contributed by atoms with E-state index in [4.69, 9.17) is 4.42 Å². The van der Waals surface area contributed by atoms with E-state index in [1.165, 1.54) is 6.26 Å². The van der Waals surface area contributed by atoms with E-state index in [0.717, 1.165) is 61.8 Å². The molecule has 0 aliphatic heterocycles. The quantitative estimate of drug-likeness (QED) is 0.401. The molecule has 0 unspecified atom stereocenters. The molecule has 5 rings (SSSR count). The number of imidazole rings is 1. The average Bonchev–Trinajstić information content (AvgIpc) is 3.31. The Balaban J connectivity index is 1.49. The van der Waals surface area contributed by atoms with Crippen molar-refractivity contribution in [1.82, 2.24) is 14.5 Å². The van der Waals surface area contributed by atoms with Gasteiger partial charge in [-0.25, -0.2) is 13.4 Å². The van der Waals surface area contributed by atoms with Crippen LogP contribution in [0, 0.1) is 12.8 Å². The number of hydrogen-bond acceptors (Lipinski definition) is 5. The van der Waals surface area contributed by atoms with Crippen LogP contribution in [0.4, 0.5) is 0 Å². The normalized spacial score (nSPS) is 16.9. The molecule has 0 N–H and O–H groups in total. The molecule has 2 aromatic heterocycles. The van der Waals surface area contributed by atoms with E-state index in [-0.39, 0.29) is 22.9 Å². The molecule has 2 saturated carbocycles. The number of carbonyl (C=O) groups excluding carboxylic acids is 1. The molecule has 0 saturated heterocycles. The summed E-state index contributed by atoms with van der Waals surface area (Å²) in [6.45, 7) is 2.92. The van der Waals surface area contributed by atoms with Crippen LogP contribution in [0.3, 0.4) is 0 Å². The molecule has 3 aromatic rings. The molecular formula is C27H33N3O4S. The summed E-state index contributed by atoms with van der Waals surface area (Å²) in [4.78, 5) is 19.5. The molecule has 0 radical (unpaired) electrons. The number of carbonyl (C=O) groups is 1. The molecule has 8 heteroatoms. The van der Waals surface area contributed by atoms with E-state index in [1.54, 1.807) is 23.2 Å². The van der Waals surface area contributed by atoms with Gasteiger partial charge in [0.15, 0.2) is 5.76 Å². The van der Waals surface area contributed by atoms with Crippen molar-refractivity contribution in [3.63, 3.8) is 0 Å². The Kier molecular flexibility index (Phi) is 6.82. The molecule has 2 heterocycles. The van der Waals surface area contributed by atoms with Gasteiger partial charge in [0, 0.05) is 12.6 Å². The molecule has 2 aliphatic rings. The molecule has 0 bridgehead atoms. The lowest BCUT2D eigenvalue weighted by Crippen LogP contribution is -2.33. The van der Waals surface area contributed by atoms with Crippen molar-refractivity contribution in [2.45, 2.75) is 75.4 Å². The number of aryl methyl sites for hydroxylation is 1. The molecule has 1 amide bonds. The zero-order valence-corrected chi connectivity index (χ0v) is 21.0. The molecular weight excluding hydrogens is 462 g/mol. The van der Waals surface area contributed by atoms with Gasteiger partial charge in [-0.3, -0.25) is 4.79 Å². The second-order valence-corrected chi connectivity index (χ2v) is 11.9. The van der Waals surface area contributed by atoms with E-state index >= 15 is 0 Å². The minimum atomic E-state index is -3.67. The summed E-state index contributed by atoms with van der Waals surface area (Å²) in [5, 5.41) is 0.123. The number of benzene rings is 1. The van der Waals surface area contributed by atoms with E-state index in [1.807, 2.05) is 35.8 Å². The van der Waals surface area contributed by atoms with E-state index < -0.39 is 9.84 Å². The fourth-order valence-corrected chi connectivity index (χ4v) is 6.65. The molecule has 0 atom stereocenters. The van der Waals surface area contributed by atoms with Crippen LogP contribution < -0.4 is 0 Å². The minimum Gasteiger partial charge on any atom is -0.459 e. The maximum Gasteiger partial charge on any atom is 0.289 e. The second kappa shape index (κ2) is 10.0. The van der Waals surface area contributed by atoms with Crippen LogP contribution in [-0.4, -0.2) is 35.3 Å². The maximum atomic E-state index is 13.6. The summed E-state index contributed by atoms with van der Waals surface area (Å²) >= 11 is 0. The molecule has 1 aromatic carbocycles. The van der Waals surface area contributed by atoms with Crippen molar-refractivity contribution in [3.8, 4) is 0 Å². The van der Waals surface area contributed by atoms with Crippen LogP contribution in [0.15, 0.2) is 58.4 Å². The van der Waals surface area contributed by atoms with Crippen molar-refractivity contribution in [2.75, 3.05) is 6.54 Å². The van der Waals surface area contributed by atoms with Crippen LogP contribution in [0.25, 0.3) is 0 Å². The molecule has 2 aliphatic carbocycles. The highest BCUT2D eigenvalue weighted by molar-refractivity contribution is 7.90. The smallest absolute Gasteiger partial charge is 0.289 e. The fourth-order valence-electron chi connectivity index (χ4n) is 5.12. The number of amides is 1. The Bertz CT molecular complexity index is 1270. The highest BCUT2D eigenvalue weighted by atomic mass is 32.2. The standard InChI is InChI=1S/C27H33N3O4S/c1-20-7-5-8-22(15-20)19-35(32,33)27-28-16-24(30(27)23-9-3-2-4-10-23)18-29(17-21-12-13-21)26(31)25-11-6-14-34-25/h5-8,11,14-16,21,23H,2-4,9-10,12-13,17-19H2,1H3. The first-order chi connectivity index (χ1) is 16.9. The highest BCUT2D eigenvalue weighted by Crippen LogP contribution is 2.34. The number of nitrogens with zero attached hydrogens (tertiary/aromatic N) is 3. The summed E-state index contributed by atoms with van der Waals surface area (Å²) in [7, 11) is -3.67. The van der Waals surface area contributed by atoms with Gasteiger partial charge in [-0.05, 0) is 56.2 Å². The van der Waals surface area contributed by atoms with Crippen LogP contribution in [0.2, 0.25) is 0 Å². The summed E-state index contributed by atoms with van der Waals surface area (Å²) < 4.78 is 34.5. The van der Waals surface area contributed by atoms with Gasteiger partial charge in [0.1, 0.15) is 0 Å². The van der Waals surface area contributed by atoms with Crippen molar-refractivity contribution in [1.29, 1.82) is 0 Å². The van der Waals surface area contributed by atoms with Gasteiger partial charge in [0.2, 0.25) is 15.0 Å². The third kappa shape index (κ3) is 5.53. The Morgan fingerprint density at radius 3 is 2.60 bits per heavy atom. The van der Waals surface area contributed by atoms with Crippen LogP contribution in [-0.2, 0) is 22.1 Å². The van der Waals surface area contributed by atoms with Crippen LogP contribution in [0.1, 0.15) is 78.4 Å². The lowest BCUT2D eigenvalue weighted by Gasteiger charge is -2.29. The lowest BCUT2D eigenvalue weighted by atomic mass is 9.95. The predicted molar refractivity (Wildman–Crippen MR) is 133 cm³/mol. The fraction of sp³-hybridized carbons (Fsp3) is 0.481. The van der Waals surface area contributed by atoms with Gasteiger partial charge in [-0.2, -0.15) is 0 Å². The third-order valence-corrected chi connectivity index (χ3v) is 8.62. The minimum absolute atomic E-state index is 0.0741. The zero-order chi connectivity index (χ0) is 24.4. The van der Waals surface area contributed by atoms with Gasteiger partial charge in [0.05, 0.1) is 30.5 Å². The highest BCUT2D eigenvalue weighted by Gasteiger charge is 2.32. The topological polar surface area (TPSA) is 85.4 Å². The summed E-state index contributed by atoms with van der Waals surface area (Å²) in [6, 6.07) is 11.1. The number of hydrogen-bond donors (Lipinski definition) is 0. The maximum absolute atomic E-state index is 13.6. The van der Waals surface area contributed by atoms with Crippen molar-refractivity contribution < 1.29 is 17.6 Å². The number of sulfone groups is 1. The van der Waals surface area contributed by atoms with Crippen LogP contribution in [0.5, 0.6) is 0 Å². The second-order valence-electron chi connectivity index (χ2n) is 10.0. The third-order valence-electron chi connectivity index (χ3n) is 7.04. The SMILES string of the molecule is Cc1cccc(CS(=O)(=O)c2ncc(CN(CC3CC3)C(=O)c3ccco3)n2C2CCCCC2)c1.